The summed E-state index contributed by atoms with van der Waals surface area (Å²) in [7, 11) is 0. The number of hydrogen-bond donors (Lipinski definition) is 2. The zero-order valence-electron chi connectivity index (χ0n) is 8.86. The van der Waals surface area contributed by atoms with Gasteiger partial charge >= 0.3 is 6.03 Å². The predicted octanol–water partition coefficient (Wildman–Crippen LogP) is 1.51. The first kappa shape index (κ1) is 10.4. The molecule has 3 amide bonds. The molecule has 0 unspecified atom stereocenters. The number of hydrogen-bond acceptors (Lipinski definition) is 2. The Labute approximate surface area is 93.3 Å². The van der Waals surface area contributed by atoms with Crippen molar-refractivity contribution in [1.29, 1.82) is 0 Å². The van der Waals surface area contributed by atoms with Gasteiger partial charge in [0.05, 0.1) is 0 Å². The van der Waals surface area contributed by atoms with E-state index in [0.717, 1.165) is 5.56 Å². The van der Waals surface area contributed by atoms with Gasteiger partial charge in [-0.3, -0.25) is 10.1 Å². The lowest BCUT2D eigenvalue weighted by molar-refractivity contribution is -0.115. The van der Waals surface area contributed by atoms with E-state index in [4.69, 9.17) is 0 Å². The summed E-state index contributed by atoms with van der Waals surface area (Å²) in [5.74, 6) is -0.284. The highest BCUT2D eigenvalue weighted by molar-refractivity contribution is 6.11. The highest BCUT2D eigenvalue weighted by Crippen LogP contribution is 2.17. The Kier molecular flexibility index (Phi) is 2.72. The molecule has 4 nitrogen and oxygen atoms in total. The molecule has 0 bridgehead atoms. The average Bonchev–Trinajstić information content (AvgIpc) is 2.59. The van der Waals surface area contributed by atoms with E-state index in [1.165, 1.54) is 0 Å². The molecule has 4 heteroatoms. The number of urea groups is 1. The van der Waals surface area contributed by atoms with Gasteiger partial charge in [-0.05, 0) is 11.6 Å². The summed E-state index contributed by atoms with van der Waals surface area (Å²) in [4.78, 5) is 22.2. The van der Waals surface area contributed by atoms with E-state index in [0.29, 0.717) is 5.70 Å². The van der Waals surface area contributed by atoms with Crippen molar-refractivity contribution >= 4 is 11.9 Å². The maximum Gasteiger partial charge on any atom is 0.326 e. The molecule has 0 spiro atoms. The molecule has 1 fully saturated rings. The Balaban J connectivity index is 2.18. The average molecular weight is 216 g/mol. The topological polar surface area (TPSA) is 58.2 Å². The Morgan fingerprint density at radius 3 is 2.38 bits per heavy atom. The van der Waals surface area contributed by atoms with Crippen LogP contribution in [0.5, 0.6) is 0 Å². The molecule has 1 atom stereocenters. The van der Waals surface area contributed by atoms with Crippen LogP contribution in [0.4, 0.5) is 4.79 Å². The van der Waals surface area contributed by atoms with Crippen molar-refractivity contribution in [2.75, 3.05) is 0 Å². The van der Waals surface area contributed by atoms with E-state index in [2.05, 4.69) is 10.6 Å². The van der Waals surface area contributed by atoms with Gasteiger partial charge in [-0.25, -0.2) is 4.79 Å². The summed E-state index contributed by atoms with van der Waals surface area (Å²) < 4.78 is 0. The van der Waals surface area contributed by atoms with Crippen molar-refractivity contribution in [3.05, 3.63) is 47.7 Å². The molecule has 1 aromatic carbocycles. The van der Waals surface area contributed by atoms with Crippen LogP contribution in [-0.4, -0.2) is 11.9 Å². The molecule has 0 aliphatic carbocycles. The van der Waals surface area contributed by atoms with Gasteiger partial charge in [0.15, 0.2) is 0 Å². The molecule has 2 N–H and O–H groups in total. The first-order chi connectivity index (χ1) is 7.66. The largest absolute Gasteiger partial charge is 0.326 e. The molecule has 1 aliphatic rings. The Morgan fingerprint density at radius 2 is 1.81 bits per heavy atom. The van der Waals surface area contributed by atoms with Crippen molar-refractivity contribution in [2.24, 2.45) is 0 Å². The van der Waals surface area contributed by atoms with Gasteiger partial charge in [-0.1, -0.05) is 37.3 Å². The minimum Gasteiger partial charge on any atom is -0.303 e. The van der Waals surface area contributed by atoms with Crippen LogP contribution in [0.25, 0.3) is 0 Å². The molecule has 1 aliphatic heterocycles. The highest BCUT2D eigenvalue weighted by atomic mass is 16.2. The quantitative estimate of drug-likeness (QED) is 0.581. The number of carbonyl (C=O) groups excluding carboxylic acids is 2. The molecule has 1 saturated heterocycles. The predicted molar refractivity (Wildman–Crippen MR) is 59.6 cm³/mol. The van der Waals surface area contributed by atoms with Gasteiger partial charge < -0.3 is 5.32 Å². The van der Waals surface area contributed by atoms with Crippen molar-refractivity contribution < 1.29 is 9.59 Å². The number of nitrogens with one attached hydrogen (secondary N) is 2. The molecule has 82 valence electrons. The number of amides is 3. The summed E-state index contributed by atoms with van der Waals surface area (Å²) in [6.45, 7) is 1.97. The molecule has 0 aromatic heterocycles. The zero-order chi connectivity index (χ0) is 11.5. The SMILES string of the molecule is C[C@H](/C=C1\NC(=O)NC1=O)c1ccccc1. The highest BCUT2D eigenvalue weighted by Gasteiger charge is 2.23. The fourth-order valence-corrected chi connectivity index (χ4v) is 1.60. The second kappa shape index (κ2) is 4.18. The lowest BCUT2D eigenvalue weighted by Crippen LogP contribution is -2.22. The third-order valence-corrected chi connectivity index (χ3v) is 2.46. The van der Waals surface area contributed by atoms with E-state index in [1.807, 2.05) is 37.3 Å². The molecular weight excluding hydrogens is 204 g/mol. The third kappa shape index (κ3) is 2.11. The van der Waals surface area contributed by atoms with Gasteiger partial charge in [-0.15, -0.1) is 0 Å². The van der Waals surface area contributed by atoms with Crippen LogP contribution in [0, 0.1) is 0 Å². The maximum atomic E-state index is 11.3. The van der Waals surface area contributed by atoms with Crippen LogP contribution in [0.1, 0.15) is 18.4 Å². The summed E-state index contributed by atoms with van der Waals surface area (Å²) in [6.07, 6.45) is 1.75. The summed E-state index contributed by atoms with van der Waals surface area (Å²) in [5.41, 5.74) is 1.42. The van der Waals surface area contributed by atoms with E-state index in [1.54, 1.807) is 6.08 Å². The first-order valence-corrected chi connectivity index (χ1v) is 5.06. The summed E-state index contributed by atoms with van der Waals surface area (Å²) in [5, 5.41) is 4.63. The standard InChI is InChI=1S/C12H12N2O2/c1-8(9-5-3-2-4-6-9)7-10-11(15)14-12(16)13-10/h2-8H,1H3,(H2,13,14,15,16)/b10-7-/t8-/m1/s1. The Bertz CT molecular complexity index is 451. The van der Waals surface area contributed by atoms with E-state index in [9.17, 15) is 9.59 Å². The number of imide groups is 1. The van der Waals surface area contributed by atoms with Crippen LogP contribution in [-0.2, 0) is 4.79 Å². The molecule has 1 aromatic rings. The maximum absolute atomic E-state index is 11.3. The first-order valence-electron chi connectivity index (χ1n) is 5.06. The lowest BCUT2D eigenvalue weighted by Gasteiger charge is -2.06. The van der Waals surface area contributed by atoms with Gasteiger partial charge in [0.25, 0.3) is 5.91 Å². The van der Waals surface area contributed by atoms with E-state index >= 15 is 0 Å². The van der Waals surface area contributed by atoms with Gasteiger partial charge in [-0.2, -0.15) is 0 Å². The van der Waals surface area contributed by atoms with Crippen molar-refractivity contribution in [3.8, 4) is 0 Å². The van der Waals surface area contributed by atoms with Gasteiger partial charge in [0.2, 0.25) is 0 Å². The molecule has 0 saturated carbocycles. The van der Waals surface area contributed by atoms with Crippen LogP contribution in [0.2, 0.25) is 0 Å². The smallest absolute Gasteiger partial charge is 0.303 e. The van der Waals surface area contributed by atoms with Crippen molar-refractivity contribution in [2.45, 2.75) is 12.8 Å². The second-order valence-electron chi connectivity index (χ2n) is 3.69. The molecule has 0 radical (unpaired) electrons. The van der Waals surface area contributed by atoms with Crippen molar-refractivity contribution in [1.82, 2.24) is 10.6 Å². The summed E-state index contributed by atoms with van der Waals surface area (Å²) >= 11 is 0. The van der Waals surface area contributed by atoms with Crippen LogP contribution < -0.4 is 10.6 Å². The van der Waals surface area contributed by atoms with Gasteiger partial charge in [0, 0.05) is 5.92 Å². The third-order valence-electron chi connectivity index (χ3n) is 2.46. The molecule has 1 heterocycles. The molecular formula is C12H12N2O2. The monoisotopic (exact) mass is 216 g/mol. The van der Waals surface area contributed by atoms with E-state index < -0.39 is 6.03 Å². The van der Waals surface area contributed by atoms with Crippen LogP contribution in [0.15, 0.2) is 42.1 Å². The van der Waals surface area contributed by atoms with E-state index in [-0.39, 0.29) is 11.8 Å². The Hall–Kier alpha value is -2.10. The number of rotatable bonds is 2. The minimum absolute atomic E-state index is 0.0837. The van der Waals surface area contributed by atoms with Crippen LogP contribution >= 0.6 is 0 Å². The number of benzene rings is 1. The van der Waals surface area contributed by atoms with Gasteiger partial charge in [0.1, 0.15) is 5.70 Å². The molecule has 2 rings (SSSR count). The zero-order valence-corrected chi connectivity index (χ0v) is 8.86. The second-order valence-corrected chi connectivity index (χ2v) is 3.69. The fourth-order valence-electron chi connectivity index (χ4n) is 1.60. The number of allylic oxidation sites excluding steroid dienone is 1. The number of carbonyl (C=O) groups is 2. The minimum atomic E-state index is -0.462. The van der Waals surface area contributed by atoms with Crippen LogP contribution in [0.3, 0.4) is 0 Å². The fraction of sp³-hybridized carbons (Fsp3) is 0.167. The van der Waals surface area contributed by atoms with Crippen molar-refractivity contribution in [3.63, 3.8) is 0 Å². The molecule has 16 heavy (non-hydrogen) atoms. The summed E-state index contributed by atoms with van der Waals surface area (Å²) in [6, 6.07) is 9.33. The lowest BCUT2D eigenvalue weighted by atomic mass is 10.0. The normalized spacial score (nSPS) is 19.4. The Morgan fingerprint density at radius 1 is 1.12 bits per heavy atom.